The van der Waals surface area contributed by atoms with Gasteiger partial charge in [0.05, 0.1) is 0 Å². The van der Waals surface area contributed by atoms with E-state index in [1.54, 1.807) is 0 Å². The van der Waals surface area contributed by atoms with Crippen molar-refractivity contribution in [3.05, 3.63) is 87.9 Å². The number of hydrogen-bond donors (Lipinski definition) is 2. The van der Waals surface area contributed by atoms with Crippen LogP contribution in [0.4, 0.5) is 11.4 Å². The van der Waals surface area contributed by atoms with Crippen molar-refractivity contribution in [1.29, 1.82) is 0 Å². The Morgan fingerprint density at radius 2 is 1.54 bits per heavy atom. The molecule has 0 aliphatic heterocycles. The molecule has 2 N–H and O–H groups in total. The predicted molar refractivity (Wildman–Crippen MR) is 115 cm³/mol. The molecule has 3 aromatic carbocycles. The van der Waals surface area contributed by atoms with E-state index in [-0.39, 0.29) is 5.91 Å². The third kappa shape index (κ3) is 5.91. The molecule has 0 aliphatic carbocycles. The van der Waals surface area contributed by atoms with E-state index in [2.05, 4.69) is 10.6 Å². The minimum Gasteiger partial charge on any atom is -0.489 e. The second-order valence-electron chi connectivity index (χ2n) is 6.28. The van der Waals surface area contributed by atoms with Gasteiger partial charge in [0, 0.05) is 40.5 Å². The summed E-state index contributed by atoms with van der Waals surface area (Å²) in [7, 11) is 0. The monoisotopic (exact) mass is 414 g/mol. The van der Waals surface area contributed by atoms with Gasteiger partial charge in [0.15, 0.2) is 0 Å². The fraction of sp³-hybridized carbons (Fsp3) is 0.136. The Hall–Kier alpha value is -2.69. The second kappa shape index (κ2) is 9.49. The Morgan fingerprint density at radius 3 is 2.21 bits per heavy atom. The lowest BCUT2D eigenvalue weighted by molar-refractivity contribution is -0.114. The third-order valence-electron chi connectivity index (χ3n) is 4.02. The number of halogens is 2. The quantitative estimate of drug-likeness (QED) is 0.487. The first-order valence-corrected chi connectivity index (χ1v) is 9.52. The summed E-state index contributed by atoms with van der Waals surface area (Å²) in [5.74, 6) is 0.670. The van der Waals surface area contributed by atoms with Gasteiger partial charge >= 0.3 is 0 Å². The van der Waals surface area contributed by atoms with Crippen LogP contribution in [-0.2, 0) is 17.9 Å². The van der Waals surface area contributed by atoms with Crippen molar-refractivity contribution < 1.29 is 9.53 Å². The van der Waals surface area contributed by atoms with Gasteiger partial charge in [-0.3, -0.25) is 4.79 Å². The maximum absolute atomic E-state index is 11.1. The molecule has 0 spiro atoms. The molecule has 0 fully saturated rings. The van der Waals surface area contributed by atoms with Crippen molar-refractivity contribution in [2.75, 3.05) is 10.6 Å². The number of nitrogens with one attached hydrogen (secondary N) is 2. The zero-order valence-electron chi connectivity index (χ0n) is 15.3. The van der Waals surface area contributed by atoms with Gasteiger partial charge in [0.1, 0.15) is 12.4 Å². The van der Waals surface area contributed by atoms with E-state index in [1.165, 1.54) is 6.92 Å². The molecule has 144 valence electrons. The van der Waals surface area contributed by atoms with Crippen molar-refractivity contribution >= 4 is 40.5 Å². The van der Waals surface area contributed by atoms with E-state index >= 15 is 0 Å². The SMILES string of the molecule is CC(=O)Nc1ccc(NCc2cc(Cl)ccc2OCc2ccc(Cl)cc2)cc1. The summed E-state index contributed by atoms with van der Waals surface area (Å²) in [6.07, 6.45) is 0. The second-order valence-corrected chi connectivity index (χ2v) is 7.15. The number of ether oxygens (including phenoxy) is 1. The number of carbonyl (C=O) groups excluding carboxylic acids is 1. The van der Waals surface area contributed by atoms with Crippen molar-refractivity contribution in [1.82, 2.24) is 0 Å². The van der Waals surface area contributed by atoms with Crippen LogP contribution in [0.3, 0.4) is 0 Å². The number of amides is 1. The highest BCUT2D eigenvalue weighted by Gasteiger charge is 2.06. The van der Waals surface area contributed by atoms with E-state index in [0.717, 1.165) is 28.3 Å². The molecule has 3 aromatic rings. The summed E-state index contributed by atoms with van der Waals surface area (Å²) < 4.78 is 5.98. The lowest BCUT2D eigenvalue weighted by Crippen LogP contribution is -2.06. The molecular formula is C22H20Cl2N2O2. The van der Waals surface area contributed by atoms with Crippen LogP contribution in [-0.4, -0.2) is 5.91 Å². The minimum absolute atomic E-state index is 0.0953. The number of hydrogen-bond acceptors (Lipinski definition) is 3. The van der Waals surface area contributed by atoms with E-state index in [1.807, 2.05) is 66.7 Å². The van der Waals surface area contributed by atoms with Crippen LogP contribution >= 0.6 is 23.2 Å². The normalized spacial score (nSPS) is 10.4. The van der Waals surface area contributed by atoms with Crippen molar-refractivity contribution in [2.24, 2.45) is 0 Å². The Bertz CT molecular complexity index is 942. The summed E-state index contributed by atoms with van der Waals surface area (Å²) in [4.78, 5) is 11.1. The minimum atomic E-state index is -0.0953. The zero-order chi connectivity index (χ0) is 19.9. The average molecular weight is 415 g/mol. The molecule has 0 radical (unpaired) electrons. The molecule has 0 saturated carbocycles. The van der Waals surface area contributed by atoms with Crippen molar-refractivity contribution in [2.45, 2.75) is 20.1 Å². The standard InChI is InChI=1S/C22H20Cl2N2O2/c1-15(27)26-21-9-7-20(8-10-21)25-13-17-12-19(24)6-11-22(17)28-14-16-2-4-18(23)5-3-16/h2-12,25H,13-14H2,1H3,(H,26,27). The van der Waals surface area contributed by atoms with Gasteiger partial charge in [-0.1, -0.05) is 35.3 Å². The molecule has 0 unspecified atom stereocenters. The topological polar surface area (TPSA) is 50.4 Å². The molecule has 3 rings (SSSR count). The molecule has 4 nitrogen and oxygen atoms in total. The molecule has 0 saturated heterocycles. The number of rotatable bonds is 7. The van der Waals surface area contributed by atoms with Gasteiger partial charge in [-0.15, -0.1) is 0 Å². The fourth-order valence-corrected chi connectivity index (χ4v) is 2.96. The summed E-state index contributed by atoms with van der Waals surface area (Å²) in [6.45, 7) is 2.48. The Morgan fingerprint density at radius 1 is 0.893 bits per heavy atom. The lowest BCUT2D eigenvalue weighted by Gasteiger charge is -2.14. The van der Waals surface area contributed by atoms with E-state index in [4.69, 9.17) is 27.9 Å². The maximum Gasteiger partial charge on any atom is 0.221 e. The first kappa shape index (κ1) is 20.1. The van der Waals surface area contributed by atoms with Crippen LogP contribution in [0.5, 0.6) is 5.75 Å². The molecule has 0 bridgehead atoms. The van der Waals surface area contributed by atoms with Crippen molar-refractivity contribution in [3.8, 4) is 5.75 Å². The molecule has 0 aliphatic rings. The zero-order valence-corrected chi connectivity index (χ0v) is 16.8. The summed E-state index contributed by atoms with van der Waals surface area (Å²) >= 11 is 12.1. The number of anilines is 2. The first-order valence-electron chi connectivity index (χ1n) is 8.77. The predicted octanol–water partition coefficient (Wildman–Crippen LogP) is 6.14. The first-order chi connectivity index (χ1) is 13.5. The van der Waals surface area contributed by atoms with Gasteiger partial charge in [0.2, 0.25) is 5.91 Å². The smallest absolute Gasteiger partial charge is 0.221 e. The summed E-state index contributed by atoms with van der Waals surface area (Å²) in [5, 5.41) is 7.44. The highest BCUT2D eigenvalue weighted by Crippen LogP contribution is 2.25. The van der Waals surface area contributed by atoms with Crippen LogP contribution < -0.4 is 15.4 Å². The Balaban J connectivity index is 1.65. The number of carbonyl (C=O) groups is 1. The molecule has 0 heterocycles. The van der Waals surface area contributed by atoms with E-state index in [9.17, 15) is 4.79 Å². The molecular weight excluding hydrogens is 395 g/mol. The fourth-order valence-electron chi connectivity index (χ4n) is 2.64. The van der Waals surface area contributed by atoms with Crippen LogP contribution in [0.2, 0.25) is 10.0 Å². The van der Waals surface area contributed by atoms with Crippen LogP contribution in [0.1, 0.15) is 18.1 Å². The van der Waals surface area contributed by atoms with Gasteiger partial charge < -0.3 is 15.4 Å². The van der Waals surface area contributed by atoms with Crippen LogP contribution in [0.15, 0.2) is 66.7 Å². The molecule has 0 aromatic heterocycles. The van der Waals surface area contributed by atoms with Crippen LogP contribution in [0, 0.1) is 0 Å². The Kier molecular flexibility index (Phi) is 6.80. The van der Waals surface area contributed by atoms with Gasteiger partial charge in [0.25, 0.3) is 0 Å². The molecule has 6 heteroatoms. The largest absolute Gasteiger partial charge is 0.489 e. The molecule has 28 heavy (non-hydrogen) atoms. The van der Waals surface area contributed by atoms with E-state index in [0.29, 0.717) is 23.2 Å². The highest BCUT2D eigenvalue weighted by molar-refractivity contribution is 6.30. The van der Waals surface area contributed by atoms with Gasteiger partial charge in [-0.05, 0) is 60.2 Å². The van der Waals surface area contributed by atoms with Crippen molar-refractivity contribution in [3.63, 3.8) is 0 Å². The highest BCUT2D eigenvalue weighted by atomic mass is 35.5. The molecule has 0 atom stereocenters. The molecule has 1 amide bonds. The summed E-state index contributed by atoms with van der Waals surface area (Å²) in [6, 6.07) is 20.6. The van der Waals surface area contributed by atoms with E-state index < -0.39 is 0 Å². The number of benzene rings is 3. The lowest BCUT2D eigenvalue weighted by atomic mass is 10.2. The summed E-state index contributed by atoms with van der Waals surface area (Å²) in [5.41, 5.74) is 3.67. The van der Waals surface area contributed by atoms with Gasteiger partial charge in [-0.2, -0.15) is 0 Å². The van der Waals surface area contributed by atoms with Crippen LogP contribution in [0.25, 0.3) is 0 Å². The van der Waals surface area contributed by atoms with Gasteiger partial charge in [-0.25, -0.2) is 0 Å². The Labute approximate surface area is 174 Å². The maximum atomic E-state index is 11.1. The third-order valence-corrected chi connectivity index (χ3v) is 4.51. The average Bonchev–Trinajstić information content (AvgIpc) is 2.67.